The van der Waals surface area contributed by atoms with Gasteiger partial charge < -0.3 is 4.57 Å². The van der Waals surface area contributed by atoms with E-state index in [1.54, 1.807) is 0 Å². The van der Waals surface area contributed by atoms with Gasteiger partial charge in [0.2, 0.25) is 0 Å². The molecule has 0 spiro atoms. The Morgan fingerprint density at radius 3 is 1.61 bits per heavy atom. The SMILES string of the molecule is N#Cc1cccc(-c2cc(-c3cc(-c4ccccc4)nc(-c4ccccc4)n3)cc(-n3c4ccccc4c4ccc(-c5cccc(-c6ccccc6)c5)cc43)c2)c1. The van der Waals surface area contributed by atoms with Crippen molar-refractivity contribution < 1.29 is 0 Å². The molecule has 266 valence electrons. The molecule has 0 fully saturated rings. The third-order valence-corrected chi connectivity index (χ3v) is 10.6. The molecule has 8 aromatic carbocycles. The molecule has 10 rings (SSSR count). The lowest BCUT2D eigenvalue weighted by Crippen LogP contribution is -1.99. The number of aromatic nitrogens is 3. The zero-order valence-corrected chi connectivity index (χ0v) is 30.9. The van der Waals surface area contributed by atoms with Gasteiger partial charge in [0.25, 0.3) is 0 Å². The van der Waals surface area contributed by atoms with Crippen LogP contribution < -0.4 is 0 Å². The van der Waals surface area contributed by atoms with Crippen LogP contribution in [0, 0.1) is 11.3 Å². The molecule has 0 N–H and O–H groups in total. The van der Waals surface area contributed by atoms with E-state index >= 15 is 0 Å². The van der Waals surface area contributed by atoms with Crippen LogP contribution in [-0.2, 0) is 0 Å². The van der Waals surface area contributed by atoms with Crippen LogP contribution in [-0.4, -0.2) is 14.5 Å². The first-order chi connectivity index (χ1) is 28.2. The Morgan fingerprint density at radius 2 is 0.877 bits per heavy atom. The summed E-state index contributed by atoms with van der Waals surface area (Å²) in [4.78, 5) is 10.3. The Balaban J connectivity index is 1.22. The Morgan fingerprint density at radius 1 is 0.351 bits per heavy atom. The fourth-order valence-electron chi connectivity index (χ4n) is 7.83. The zero-order valence-electron chi connectivity index (χ0n) is 30.9. The summed E-state index contributed by atoms with van der Waals surface area (Å²) in [5, 5.41) is 12.2. The first kappa shape index (κ1) is 33.7. The Kier molecular flexibility index (Phi) is 8.52. The minimum atomic E-state index is 0.610. The van der Waals surface area contributed by atoms with Gasteiger partial charge in [-0.2, -0.15) is 5.26 Å². The molecule has 0 aliphatic carbocycles. The first-order valence-corrected chi connectivity index (χ1v) is 19.0. The van der Waals surface area contributed by atoms with E-state index < -0.39 is 0 Å². The molecule has 4 nitrogen and oxygen atoms in total. The normalized spacial score (nSPS) is 11.1. The second kappa shape index (κ2) is 14.4. The molecule has 57 heavy (non-hydrogen) atoms. The Labute approximate surface area is 331 Å². The molecule has 2 aromatic heterocycles. The van der Waals surface area contributed by atoms with Gasteiger partial charge in [0.05, 0.1) is 34.1 Å². The second-order valence-electron chi connectivity index (χ2n) is 14.2. The van der Waals surface area contributed by atoms with Crippen molar-refractivity contribution in [1.29, 1.82) is 5.26 Å². The maximum atomic E-state index is 9.89. The third kappa shape index (κ3) is 6.44. The van der Waals surface area contributed by atoms with Crippen molar-refractivity contribution in [3.8, 4) is 79.0 Å². The Bertz CT molecular complexity index is 3060. The van der Waals surface area contributed by atoms with Crippen LogP contribution in [0.25, 0.3) is 94.8 Å². The van der Waals surface area contributed by atoms with Crippen LogP contribution in [0.1, 0.15) is 5.56 Å². The van der Waals surface area contributed by atoms with Crippen LogP contribution in [0.3, 0.4) is 0 Å². The van der Waals surface area contributed by atoms with Gasteiger partial charge in [-0.25, -0.2) is 9.97 Å². The van der Waals surface area contributed by atoms with Gasteiger partial charge >= 0.3 is 0 Å². The highest BCUT2D eigenvalue weighted by atomic mass is 15.0. The van der Waals surface area contributed by atoms with Crippen LogP contribution in [0.4, 0.5) is 0 Å². The van der Waals surface area contributed by atoms with Crippen molar-refractivity contribution in [2.75, 3.05) is 0 Å². The Hall–Kier alpha value is -7.87. The van der Waals surface area contributed by atoms with Gasteiger partial charge in [0.1, 0.15) is 0 Å². The number of hydrogen-bond donors (Lipinski definition) is 0. The predicted octanol–water partition coefficient (Wildman–Crippen LogP) is 13.4. The number of benzene rings is 8. The predicted molar refractivity (Wildman–Crippen MR) is 234 cm³/mol. The fraction of sp³-hybridized carbons (Fsp3) is 0. The van der Waals surface area contributed by atoms with Gasteiger partial charge in [-0.15, -0.1) is 0 Å². The van der Waals surface area contributed by atoms with Crippen LogP contribution >= 0.6 is 0 Å². The minimum absolute atomic E-state index is 0.610. The summed E-state index contributed by atoms with van der Waals surface area (Å²) < 4.78 is 2.37. The van der Waals surface area contributed by atoms with E-state index in [1.807, 2.05) is 66.7 Å². The monoisotopic (exact) mass is 726 g/mol. The van der Waals surface area contributed by atoms with E-state index in [4.69, 9.17) is 9.97 Å². The van der Waals surface area contributed by atoms with Gasteiger partial charge in [0.15, 0.2) is 5.82 Å². The van der Waals surface area contributed by atoms with Crippen LogP contribution in [0.2, 0.25) is 0 Å². The number of fused-ring (bicyclic) bond motifs is 3. The highest BCUT2D eigenvalue weighted by Crippen LogP contribution is 2.39. The lowest BCUT2D eigenvalue weighted by atomic mass is 9.97. The average Bonchev–Trinajstić information content (AvgIpc) is 3.63. The molecule has 2 heterocycles. The van der Waals surface area contributed by atoms with Gasteiger partial charge in [-0.3, -0.25) is 0 Å². The highest BCUT2D eigenvalue weighted by Gasteiger charge is 2.18. The summed E-state index contributed by atoms with van der Waals surface area (Å²) in [6.07, 6.45) is 0. The molecular formula is C53H34N4. The van der Waals surface area contributed by atoms with Crippen molar-refractivity contribution in [1.82, 2.24) is 14.5 Å². The molecule has 10 aromatic rings. The van der Waals surface area contributed by atoms with Crippen LogP contribution in [0.5, 0.6) is 0 Å². The zero-order chi connectivity index (χ0) is 38.1. The highest BCUT2D eigenvalue weighted by molar-refractivity contribution is 6.10. The smallest absolute Gasteiger partial charge is 0.160 e. The van der Waals surface area contributed by atoms with Crippen molar-refractivity contribution in [3.05, 3.63) is 212 Å². The average molecular weight is 727 g/mol. The van der Waals surface area contributed by atoms with Crippen molar-refractivity contribution in [3.63, 3.8) is 0 Å². The third-order valence-electron chi connectivity index (χ3n) is 10.6. The molecular weight excluding hydrogens is 693 g/mol. The molecule has 0 atom stereocenters. The summed E-state index contributed by atoms with van der Waals surface area (Å²) in [6.45, 7) is 0. The van der Waals surface area contributed by atoms with Crippen molar-refractivity contribution in [2.24, 2.45) is 0 Å². The second-order valence-corrected chi connectivity index (χ2v) is 14.2. The first-order valence-electron chi connectivity index (χ1n) is 19.0. The van der Waals surface area contributed by atoms with E-state index in [-0.39, 0.29) is 0 Å². The molecule has 0 aliphatic rings. The molecule has 0 saturated heterocycles. The van der Waals surface area contributed by atoms with Gasteiger partial charge in [0, 0.05) is 33.2 Å². The standard InChI is InChI=1S/C53H34N4/c54-35-36-14-12-21-40(28-36)44-30-45(50-34-49(38-17-6-2-7-18-38)55-53(56-50)39-19-8-3-9-20-39)32-46(31-44)57-51-25-11-10-24-47(51)48-27-26-43(33-52(48)57)42-23-13-22-41(29-42)37-15-4-1-5-16-37/h1-34H. The molecule has 0 radical (unpaired) electrons. The summed E-state index contributed by atoms with van der Waals surface area (Å²) in [5.74, 6) is 0.657. The number of hydrogen-bond acceptors (Lipinski definition) is 3. The minimum Gasteiger partial charge on any atom is -0.309 e. The summed E-state index contributed by atoms with van der Waals surface area (Å²) >= 11 is 0. The molecule has 0 bridgehead atoms. The molecule has 0 amide bonds. The summed E-state index contributed by atoms with van der Waals surface area (Å²) in [7, 11) is 0. The topological polar surface area (TPSA) is 54.5 Å². The number of rotatable bonds is 7. The molecule has 0 aliphatic heterocycles. The number of nitriles is 1. The number of nitrogens with zero attached hydrogens (tertiary/aromatic N) is 4. The molecule has 0 saturated carbocycles. The van der Waals surface area contributed by atoms with E-state index in [1.165, 1.54) is 21.9 Å². The quantitative estimate of drug-likeness (QED) is 0.164. The van der Waals surface area contributed by atoms with Crippen molar-refractivity contribution >= 4 is 21.8 Å². The fourth-order valence-corrected chi connectivity index (χ4v) is 7.83. The lowest BCUT2D eigenvalue weighted by Gasteiger charge is -2.15. The largest absolute Gasteiger partial charge is 0.309 e. The van der Waals surface area contributed by atoms with E-state index in [2.05, 4.69) is 150 Å². The summed E-state index contributed by atoms with van der Waals surface area (Å²) in [6, 6.07) is 74.0. The lowest BCUT2D eigenvalue weighted by molar-refractivity contribution is 1.16. The maximum Gasteiger partial charge on any atom is 0.160 e. The van der Waals surface area contributed by atoms with E-state index in [0.29, 0.717) is 11.4 Å². The van der Waals surface area contributed by atoms with Gasteiger partial charge in [-0.1, -0.05) is 152 Å². The molecule has 0 unspecified atom stereocenters. The van der Waals surface area contributed by atoms with E-state index in [0.717, 1.165) is 67.1 Å². The van der Waals surface area contributed by atoms with Crippen LogP contribution in [0.15, 0.2) is 206 Å². The number of para-hydroxylation sites is 1. The summed E-state index contributed by atoms with van der Waals surface area (Å²) in [5.41, 5.74) is 15.0. The van der Waals surface area contributed by atoms with E-state index in [9.17, 15) is 5.26 Å². The van der Waals surface area contributed by atoms with Crippen molar-refractivity contribution in [2.45, 2.75) is 0 Å². The molecule has 4 heteroatoms. The van der Waals surface area contributed by atoms with Gasteiger partial charge in [-0.05, 0) is 88.0 Å². The maximum absolute atomic E-state index is 9.89.